The molecule has 0 aliphatic heterocycles. The number of phenolic OH excluding ortho intramolecular Hbond substituents is 1. The third kappa shape index (κ3) is 7.86. The van der Waals surface area contributed by atoms with Crippen molar-refractivity contribution in [3.8, 4) is 5.75 Å². The van der Waals surface area contributed by atoms with Crippen LogP contribution in [0, 0.1) is 34.6 Å². The van der Waals surface area contributed by atoms with E-state index in [1.165, 1.54) is 16.7 Å². The maximum Gasteiger partial charge on any atom is 0.121 e. The Balaban J connectivity index is -0.000000303. The van der Waals surface area contributed by atoms with E-state index >= 15 is 0 Å². The third-order valence-corrected chi connectivity index (χ3v) is 3.52. The van der Waals surface area contributed by atoms with Gasteiger partial charge >= 0.3 is 0 Å². The summed E-state index contributed by atoms with van der Waals surface area (Å²) in [5.74, 6) is 0.454. The van der Waals surface area contributed by atoms with Gasteiger partial charge in [0.2, 0.25) is 0 Å². The van der Waals surface area contributed by atoms with E-state index in [9.17, 15) is 5.11 Å². The number of hydrogen-bond donors (Lipinski definition) is 3. The van der Waals surface area contributed by atoms with Gasteiger partial charge in [0, 0.05) is 35.9 Å². The van der Waals surface area contributed by atoms with Crippen LogP contribution in [0.5, 0.6) is 5.75 Å². The molecule has 0 atom stereocenters. The van der Waals surface area contributed by atoms with Crippen LogP contribution in [0.15, 0.2) is 30.3 Å². The van der Waals surface area contributed by atoms with Gasteiger partial charge in [0.15, 0.2) is 0 Å². The normalized spacial score (nSPS) is 8.05. The average Bonchev–Trinajstić information content (AvgIpc) is 3.13. The summed E-state index contributed by atoms with van der Waals surface area (Å²) in [4.78, 5) is 0. The molecule has 0 aliphatic carbocycles. The Labute approximate surface area is 149 Å². The Morgan fingerprint density at radius 1 is 0.636 bits per heavy atom. The number of phenols is 1. The van der Waals surface area contributed by atoms with Crippen LogP contribution in [0.2, 0.25) is 0 Å². The van der Waals surface area contributed by atoms with Crippen LogP contribution in [0.1, 0.15) is 27.8 Å². The van der Waals surface area contributed by atoms with Crippen molar-refractivity contribution < 1.29 is 37.0 Å². The molecule has 22 heavy (non-hydrogen) atoms. The molecule has 0 saturated heterocycles. The van der Waals surface area contributed by atoms with Crippen LogP contribution < -0.4 is 0 Å². The molecule has 4 heteroatoms. The van der Waals surface area contributed by atoms with Crippen LogP contribution in [-0.2, 0) is 21.7 Å². The maximum atomic E-state index is 9.69. The van der Waals surface area contributed by atoms with Crippen LogP contribution >= 0.6 is 0 Å². The van der Waals surface area contributed by atoms with Crippen molar-refractivity contribution in [3.05, 3.63) is 58.1 Å². The number of aromatic hydroxyl groups is 1. The van der Waals surface area contributed by atoms with E-state index in [-0.39, 0.29) is 21.7 Å². The zero-order valence-electron chi connectivity index (χ0n) is 14.7. The minimum atomic E-state index is 0. The minimum absolute atomic E-state index is 0. The fourth-order valence-electron chi connectivity index (χ4n) is 1.80. The number of aliphatic hydroxyl groups is 2. The Hall–Kier alpha value is -0.996. The van der Waals surface area contributed by atoms with Gasteiger partial charge < -0.3 is 15.3 Å². The van der Waals surface area contributed by atoms with Gasteiger partial charge in [-0.15, -0.1) is 0 Å². The second kappa shape index (κ2) is 14.9. The van der Waals surface area contributed by atoms with Gasteiger partial charge in [-0.25, -0.2) is 12.1 Å². The van der Waals surface area contributed by atoms with Gasteiger partial charge in [0.25, 0.3) is 0 Å². The van der Waals surface area contributed by atoms with Crippen LogP contribution in [0.3, 0.4) is 0 Å². The van der Waals surface area contributed by atoms with Crippen LogP contribution in [0.25, 0.3) is 0 Å². The van der Waals surface area contributed by atoms with Crippen molar-refractivity contribution in [1.29, 1.82) is 0 Å². The topological polar surface area (TPSA) is 60.7 Å². The van der Waals surface area contributed by atoms with Crippen molar-refractivity contribution in [3.63, 3.8) is 0 Å². The molecule has 2 aromatic carbocycles. The van der Waals surface area contributed by atoms with Crippen molar-refractivity contribution in [2.75, 3.05) is 14.2 Å². The maximum absolute atomic E-state index is 9.69. The molecule has 0 bridgehead atoms. The van der Waals surface area contributed by atoms with Gasteiger partial charge in [0.05, 0.1) is 0 Å². The molecule has 2 rings (SSSR count). The fourth-order valence-corrected chi connectivity index (χ4v) is 1.80. The van der Waals surface area contributed by atoms with E-state index in [4.69, 9.17) is 10.2 Å². The summed E-state index contributed by atoms with van der Waals surface area (Å²) in [5.41, 5.74) is 5.72. The predicted octanol–water partition coefficient (Wildman–Crippen LogP) is 3.55. The molecule has 3 nitrogen and oxygen atoms in total. The molecule has 0 heterocycles. The first-order valence-corrected chi connectivity index (χ1v) is 6.78. The van der Waals surface area contributed by atoms with E-state index in [0.717, 1.165) is 25.3 Å². The number of hydrogen-bond acceptors (Lipinski definition) is 3. The number of rotatable bonds is 0. The smallest absolute Gasteiger partial charge is 0.121 e. The monoisotopic (exact) mass is 341 g/mol. The van der Waals surface area contributed by atoms with E-state index in [1.54, 1.807) is 0 Å². The SMILES string of the molecule is CO.CO.Cc1c(C)c(C)c(O)c(C)c1C.[Ti].c1cc[cH-]c1. The van der Waals surface area contributed by atoms with Gasteiger partial charge in [-0.3, -0.25) is 0 Å². The number of aliphatic hydroxyl groups excluding tert-OH is 2. The van der Waals surface area contributed by atoms with Crippen molar-refractivity contribution in [2.45, 2.75) is 34.6 Å². The fraction of sp³-hybridized carbons (Fsp3) is 0.389. The van der Waals surface area contributed by atoms with Crippen LogP contribution in [-0.4, -0.2) is 29.5 Å². The molecular weight excluding hydrogens is 312 g/mol. The molecule has 0 fully saturated rings. The summed E-state index contributed by atoms with van der Waals surface area (Å²) in [6.45, 7) is 10.1. The molecular formula is C18H29O3Ti-. The Kier molecular flexibility index (Phi) is 17.6. The molecule has 3 N–H and O–H groups in total. The van der Waals surface area contributed by atoms with Crippen molar-refractivity contribution >= 4 is 0 Å². The summed E-state index contributed by atoms with van der Waals surface area (Å²) in [7, 11) is 2.00. The quantitative estimate of drug-likeness (QED) is 0.507. The molecule has 0 unspecified atom stereocenters. The molecule has 0 aliphatic rings. The average molecular weight is 341 g/mol. The van der Waals surface area contributed by atoms with Gasteiger partial charge in [0.1, 0.15) is 5.75 Å². The van der Waals surface area contributed by atoms with E-state index in [1.807, 2.05) is 44.2 Å². The third-order valence-electron chi connectivity index (χ3n) is 3.52. The molecule has 0 amide bonds. The van der Waals surface area contributed by atoms with Crippen molar-refractivity contribution in [1.82, 2.24) is 0 Å². The Morgan fingerprint density at radius 3 is 1.14 bits per heavy atom. The summed E-state index contributed by atoms with van der Waals surface area (Å²) in [6.07, 6.45) is 0. The predicted molar refractivity (Wildman–Crippen MR) is 90.1 cm³/mol. The van der Waals surface area contributed by atoms with Gasteiger partial charge in [-0.2, -0.15) is 18.2 Å². The van der Waals surface area contributed by atoms with E-state index in [0.29, 0.717) is 5.75 Å². The largest absolute Gasteiger partial charge is 0.507 e. The molecule has 124 valence electrons. The second-order valence-electron chi connectivity index (χ2n) is 4.44. The zero-order chi connectivity index (χ0) is 17.0. The zero-order valence-corrected chi connectivity index (χ0v) is 16.3. The minimum Gasteiger partial charge on any atom is -0.507 e. The van der Waals surface area contributed by atoms with E-state index < -0.39 is 0 Å². The summed E-state index contributed by atoms with van der Waals surface area (Å²) in [5, 5.41) is 23.7. The molecule has 0 radical (unpaired) electrons. The molecule has 2 aromatic rings. The Bertz CT molecular complexity index is 369. The summed E-state index contributed by atoms with van der Waals surface area (Å²) >= 11 is 0. The molecule has 0 saturated carbocycles. The first kappa shape index (κ1) is 25.9. The van der Waals surface area contributed by atoms with Gasteiger partial charge in [-0.05, 0) is 62.4 Å². The molecule has 0 spiro atoms. The number of benzene rings is 1. The van der Waals surface area contributed by atoms with Crippen molar-refractivity contribution in [2.24, 2.45) is 0 Å². The Morgan fingerprint density at radius 2 is 0.909 bits per heavy atom. The van der Waals surface area contributed by atoms with Gasteiger partial charge in [-0.1, -0.05) is 0 Å². The first-order chi connectivity index (χ1) is 9.96. The molecule has 0 aromatic heterocycles. The summed E-state index contributed by atoms with van der Waals surface area (Å²) in [6, 6.07) is 10.0. The second-order valence-corrected chi connectivity index (χ2v) is 4.44. The van der Waals surface area contributed by atoms with E-state index in [2.05, 4.69) is 20.8 Å². The standard InChI is InChI=1S/C11H16O.C5H5.2CH4O.Ti/c1-6-7(2)9(4)11(12)10(5)8(6)3;1-2-4-5-3-1;2*1-2;/h12H,1-5H3;1-5H;2*2H,1H3;/q;-1;;;. The van der Waals surface area contributed by atoms with Crippen LogP contribution in [0.4, 0.5) is 0 Å². The first-order valence-electron chi connectivity index (χ1n) is 6.78. The summed E-state index contributed by atoms with van der Waals surface area (Å²) < 4.78 is 0.